The fraction of sp³-hybridized carbons (Fsp3) is 0.900. The minimum absolute atomic E-state index is 0.194. The summed E-state index contributed by atoms with van der Waals surface area (Å²) in [6, 6.07) is 0. The first-order chi connectivity index (χ1) is 6.07. The van der Waals surface area contributed by atoms with E-state index in [4.69, 9.17) is 9.47 Å². The van der Waals surface area contributed by atoms with E-state index >= 15 is 0 Å². The molecule has 0 radical (unpaired) electrons. The third-order valence-electron chi connectivity index (χ3n) is 3.71. The number of carbonyl (C=O) groups is 1. The van der Waals surface area contributed by atoms with Gasteiger partial charge in [0, 0.05) is 0 Å². The summed E-state index contributed by atoms with van der Waals surface area (Å²) >= 11 is 0. The minimum atomic E-state index is -0.655. The third kappa shape index (κ3) is 0.909. The van der Waals surface area contributed by atoms with Crippen LogP contribution in [0.3, 0.4) is 0 Å². The van der Waals surface area contributed by atoms with Crippen LogP contribution in [0.5, 0.6) is 0 Å². The topological polar surface area (TPSA) is 38.8 Å². The molecule has 1 saturated heterocycles. The maximum atomic E-state index is 11.5. The fourth-order valence-electron chi connectivity index (χ4n) is 2.76. The van der Waals surface area contributed by atoms with E-state index in [0.29, 0.717) is 5.92 Å². The van der Waals surface area contributed by atoms with Crippen molar-refractivity contribution in [3.05, 3.63) is 0 Å². The lowest BCUT2D eigenvalue weighted by atomic mass is 9.86. The Hall–Kier alpha value is -0.570. The predicted octanol–water partition coefficient (Wildman–Crippen LogP) is 1.51. The molecule has 74 valence electrons. The molecule has 3 unspecified atom stereocenters. The summed E-state index contributed by atoms with van der Waals surface area (Å²) in [5, 5.41) is 0. The normalized spacial score (nSPS) is 48.1. The molecule has 13 heavy (non-hydrogen) atoms. The molecule has 0 aromatic rings. The Labute approximate surface area is 78.4 Å². The van der Waals surface area contributed by atoms with Gasteiger partial charge in [-0.05, 0) is 25.7 Å². The largest absolute Gasteiger partial charge is 0.467 e. The van der Waals surface area contributed by atoms with E-state index in [1.165, 1.54) is 7.11 Å². The number of ether oxygens (including phenoxy) is 2. The van der Waals surface area contributed by atoms with Gasteiger partial charge in [-0.1, -0.05) is 13.3 Å². The van der Waals surface area contributed by atoms with Gasteiger partial charge in [-0.2, -0.15) is 0 Å². The van der Waals surface area contributed by atoms with Crippen molar-refractivity contribution in [1.82, 2.24) is 0 Å². The number of carbonyl (C=O) groups excluding carboxylic acids is 1. The smallest absolute Gasteiger partial charge is 0.340 e. The average molecular weight is 184 g/mol. The molecule has 1 aliphatic heterocycles. The molecule has 1 aliphatic carbocycles. The van der Waals surface area contributed by atoms with Crippen molar-refractivity contribution in [2.45, 2.75) is 44.3 Å². The quantitative estimate of drug-likeness (QED) is 0.458. The van der Waals surface area contributed by atoms with E-state index in [2.05, 4.69) is 6.92 Å². The first-order valence-electron chi connectivity index (χ1n) is 4.85. The van der Waals surface area contributed by atoms with Gasteiger partial charge in [-0.15, -0.1) is 0 Å². The van der Waals surface area contributed by atoms with E-state index in [-0.39, 0.29) is 11.6 Å². The van der Waals surface area contributed by atoms with Gasteiger partial charge in [0.25, 0.3) is 0 Å². The molecule has 2 aliphatic rings. The zero-order valence-electron chi connectivity index (χ0n) is 8.42. The molecule has 3 nitrogen and oxygen atoms in total. The van der Waals surface area contributed by atoms with Crippen molar-refractivity contribution < 1.29 is 14.3 Å². The summed E-state index contributed by atoms with van der Waals surface area (Å²) in [5.74, 6) is 0.262. The maximum Gasteiger partial charge on any atom is 0.340 e. The second kappa shape index (κ2) is 2.47. The van der Waals surface area contributed by atoms with Gasteiger partial charge in [0.15, 0.2) is 5.60 Å². The Morgan fingerprint density at radius 3 is 2.77 bits per heavy atom. The Morgan fingerprint density at radius 2 is 2.31 bits per heavy atom. The average Bonchev–Trinajstić information content (AvgIpc) is 2.56. The molecular formula is C10H16O3. The van der Waals surface area contributed by atoms with Gasteiger partial charge in [0.05, 0.1) is 7.11 Å². The van der Waals surface area contributed by atoms with Crippen LogP contribution in [-0.2, 0) is 14.3 Å². The Balaban J connectivity index is 2.19. The Kier molecular flexibility index (Phi) is 1.71. The van der Waals surface area contributed by atoms with Crippen LogP contribution in [-0.4, -0.2) is 24.3 Å². The van der Waals surface area contributed by atoms with Gasteiger partial charge >= 0.3 is 5.97 Å². The highest BCUT2D eigenvalue weighted by Gasteiger charge is 2.75. The maximum absolute atomic E-state index is 11.5. The molecule has 0 N–H and O–H groups in total. The van der Waals surface area contributed by atoms with Gasteiger partial charge in [0.2, 0.25) is 0 Å². The number of rotatable bonds is 1. The molecule has 0 bridgehead atoms. The zero-order chi connectivity index (χ0) is 9.69. The summed E-state index contributed by atoms with van der Waals surface area (Å²) in [6.45, 7) is 4.00. The number of epoxide rings is 1. The molecule has 3 heteroatoms. The second-order valence-corrected chi connectivity index (χ2v) is 4.31. The first-order valence-corrected chi connectivity index (χ1v) is 4.85. The Bertz CT molecular complexity index is 251. The first kappa shape index (κ1) is 9.00. The molecular weight excluding hydrogens is 168 g/mol. The summed E-state index contributed by atoms with van der Waals surface area (Å²) < 4.78 is 10.4. The lowest BCUT2D eigenvalue weighted by Gasteiger charge is -2.13. The van der Waals surface area contributed by atoms with E-state index in [0.717, 1.165) is 19.3 Å². The van der Waals surface area contributed by atoms with Gasteiger partial charge in [0.1, 0.15) is 5.60 Å². The van der Waals surface area contributed by atoms with Crippen LogP contribution in [0, 0.1) is 5.92 Å². The summed E-state index contributed by atoms with van der Waals surface area (Å²) in [7, 11) is 1.42. The van der Waals surface area contributed by atoms with E-state index in [1.54, 1.807) is 0 Å². The van der Waals surface area contributed by atoms with Crippen LogP contribution in [0.25, 0.3) is 0 Å². The van der Waals surface area contributed by atoms with Crippen LogP contribution < -0.4 is 0 Å². The van der Waals surface area contributed by atoms with Gasteiger partial charge in [-0.25, -0.2) is 4.79 Å². The van der Waals surface area contributed by atoms with Crippen LogP contribution in [0.15, 0.2) is 0 Å². The van der Waals surface area contributed by atoms with Crippen LogP contribution in [0.4, 0.5) is 0 Å². The molecule has 3 atom stereocenters. The van der Waals surface area contributed by atoms with E-state index in [9.17, 15) is 4.79 Å². The molecule has 2 fully saturated rings. The lowest BCUT2D eigenvalue weighted by molar-refractivity contribution is -0.146. The molecule has 0 amide bonds. The SMILES string of the molecule is COC(=O)C1(C)OC12CCCC2C. The fourth-order valence-corrected chi connectivity index (χ4v) is 2.76. The number of hydrogen-bond donors (Lipinski definition) is 0. The molecule has 1 heterocycles. The number of esters is 1. The monoisotopic (exact) mass is 184 g/mol. The van der Waals surface area contributed by atoms with E-state index in [1.807, 2.05) is 6.92 Å². The number of hydrogen-bond acceptors (Lipinski definition) is 3. The van der Waals surface area contributed by atoms with Crippen molar-refractivity contribution in [1.29, 1.82) is 0 Å². The van der Waals surface area contributed by atoms with Crippen molar-refractivity contribution in [3.63, 3.8) is 0 Å². The van der Waals surface area contributed by atoms with Gasteiger partial charge < -0.3 is 9.47 Å². The van der Waals surface area contributed by atoms with E-state index < -0.39 is 5.60 Å². The summed E-state index contributed by atoms with van der Waals surface area (Å²) in [6.07, 6.45) is 3.32. The third-order valence-corrected chi connectivity index (χ3v) is 3.71. The van der Waals surface area contributed by atoms with Crippen molar-refractivity contribution in [3.8, 4) is 0 Å². The van der Waals surface area contributed by atoms with Crippen LogP contribution in [0.2, 0.25) is 0 Å². The van der Waals surface area contributed by atoms with Crippen molar-refractivity contribution in [2.24, 2.45) is 5.92 Å². The minimum Gasteiger partial charge on any atom is -0.467 e. The highest BCUT2D eigenvalue weighted by molar-refractivity contribution is 5.84. The molecule has 1 spiro atoms. The number of methoxy groups -OCH3 is 1. The Morgan fingerprint density at radius 1 is 1.62 bits per heavy atom. The van der Waals surface area contributed by atoms with Crippen molar-refractivity contribution in [2.75, 3.05) is 7.11 Å². The van der Waals surface area contributed by atoms with Crippen LogP contribution >= 0.6 is 0 Å². The highest BCUT2D eigenvalue weighted by Crippen LogP contribution is 2.60. The lowest BCUT2D eigenvalue weighted by Crippen LogP contribution is -2.34. The molecule has 0 aromatic heterocycles. The van der Waals surface area contributed by atoms with Gasteiger partial charge in [-0.3, -0.25) is 0 Å². The molecule has 1 saturated carbocycles. The second-order valence-electron chi connectivity index (χ2n) is 4.31. The molecule has 0 aromatic carbocycles. The van der Waals surface area contributed by atoms with Crippen molar-refractivity contribution >= 4 is 5.97 Å². The zero-order valence-corrected chi connectivity index (χ0v) is 8.42. The van der Waals surface area contributed by atoms with Crippen LogP contribution in [0.1, 0.15) is 33.1 Å². The summed E-state index contributed by atoms with van der Waals surface area (Å²) in [4.78, 5) is 11.5. The summed E-state index contributed by atoms with van der Waals surface area (Å²) in [5.41, 5.74) is -0.849. The highest BCUT2D eigenvalue weighted by atomic mass is 16.7. The standard InChI is InChI=1S/C10H16O3/c1-7-5-4-6-10(7)9(2,13-10)8(11)12-3/h7H,4-6H2,1-3H3. The molecule has 2 rings (SSSR count). The predicted molar refractivity (Wildman–Crippen MR) is 47.3 cm³/mol.